The highest BCUT2D eigenvalue weighted by atomic mass is 79.9. The molecule has 0 aromatic heterocycles. The molecule has 11 heteroatoms. The Bertz CT molecular complexity index is 1420. The lowest BCUT2D eigenvalue weighted by Crippen LogP contribution is -2.44. The molecule has 3 aromatic rings. The van der Waals surface area contributed by atoms with Gasteiger partial charge >= 0.3 is 0 Å². The fourth-order valence-electron chi connectivity index (χ4n) is 3.36. The molecule has 0 atom stereocenters. The summed E-state index contributed by atoms with van der Waals surface area (Å²) in [6.45, 7) is 2.53. The van der Waals surface area contributed by atoms with Crippen LogP contribution in [0.3, 0.4) is 0 Å². The van der Waals surface area contributed by atoms with Crippen molar-refractivity contribution in [1.82, 2.24) is 10.4 Å². The Morgan fingerprint density at radius 1 is 1.11 bits per heavy atom. The van der Waals surface area contributed by atoms with E-state index in [0.717, 1.165) is 22.3 Å². The summed E-state index contributed by atoms with van der Waals surface area (Å²) in [6, 6.07) is 17.6. The predicted octanol–water partition coefficient (Wildman–Crippen LogP) is 7.28. The Hall–Kier alpha value is -2.56. The second-order valence-electron chi connectivity index (χ2n) is 7.58. The van der Waals surface area contributed by atoms with Gasteiger partial charge in [-0.1, -0.05) is 65.3 Å². The Labute approximate surface area is 242 Å². The fourth-order valence-corrected chi connectivity index (χ4v) is 5.53. The van der Waals surface area contributed by atoms with Crippen molar-refractivity contribution in [3.05, 3.63) is 96.8 Å². The Morgan fingerprint density at radius 2 is 1.81 bits per heavy atom. The number of hydrogen-bond donors (Lipinski definition) is 1. The van der Waals surface area contributed by atoms with E-state index in [1.807, 2.05) is 25.1 Å². The lowest BCUT2D eigenvalue weighted by molar-refractivity contribution is -0.123. The number of thioether (sulfide) groups is 1. The van der Waals surface area contributed by atoms with Gasteiger partial charge in [0.05, 0.1) is 26.6 Å². The summed E-state index contributed by atoms with van der Waals surface area (Å²) < 4.78 is 12.7. The number of rotatable bonds is 8. The molecule has 0 saturated carbocycles. The third-order valence-electron chi connectivity index (χ3n) is 5.08. The minimum atomic E-state index is -0.537. The number of halogens is 3. The average Bonchev–Trinajstić information content (AvgIpc) is 3.12. The number of carbonyl (C=O) groups excluding carboxylic acids is 2. The largest absolute Gasteiger partial charge is 0.490 e. The van der Waals surface area contributed by atoms with Crippen LogP contribution >= 0.6 is 63.1 Å². The van der Waals surface area contributed by atoms with Crippen LogP contribution in [0.1, 0.15) is 28.4 Å². The molecule has 6 nitrogen and oxygen atoms in total. The molecule has 37 heavy (non-hydrogen) atoms. The summed E-state index contributed by atoms with van der Waals surface area (Å²) in [7, 11) is 0. The van der Waals surface area contributed by atoms with Gasteiger partial charge in [0.25, 0.3) is 11.8 Å². The van der Waals surface area contributed by atoms with Crippen LogP contribution < -0.4 is 14.9 Å². The van der Waals surface area contributed by atoms with Crippen LogP contribution in [0.25, 0.3) is 6.08 Å². The highest BCUT2D eigenvalue weighted by molar-refractivity contribution is 9.10. The lowest BCUT2D eigenvalue weighted by atomic mass is 10.1. The summed E-state index contributed by atoms with van der Waals surface area (Å²) in [5, 5.41) is 1.92. The third-order valence-corrected chi connectivity index (χ3v) is 7.67. The maximum absolute atomic E-state index is 13.0. The topological polar surface area (TPSA) is 67.9 Å². The van der Waals surface area contributed by atoms with E-state index in [1.165, 1.54) is 0 Å². The van der Waals surface area contributed by atoms with Crippen LogP contribution in [-0.4, -0.2) is 27.8 Å². The molecular formula is C26H19BrCl2N2O4S2. The van der Waals surface area contributed by atoms with Gasteiger partial charge in [0.1, 0.15) is 6.61 Å². The molecule has 0 radical (unpaired) electrons. The molecule has 190 valence electrons. The monoisotopic (exact) mass is 636 g/mol. The van der Waals surface area contributed by atoms with Crippen LogP contribution in [0, 0.1) is 0 Å². The van der Waals surface area contributed by atoms with Crippen LogP contribution in [0.4, 0.5) is 0 Å². The molecular weight excluding hydrogens is 619 g/mol. The van der Waals surface area contributed by atoms with Crippen LogP contribution in [-0.2, 0) is 11.4 Å². The molecule has 1 N–H and O–H groups in total. The molecule has 4 rings (SSSR count). The standard InChI is InChI=1S/C26H19BrCl2N2O4S2/c1-2-34-21-12-15(11-18(27)23(21)35-14-16-7-3-5-9-19(16)28)13-22-25(33)31(26(36)37-22)30-24(32)17-8-4-6-10-20(17)29/h3-13H,2,14H2,1H3,(H,30,32)/b22-13-. The molecule has 0 unspecified atom stereocenters. The van der Waals surface area contributed by atoms with Crippen molar-refractivity contribution in [1.29, 1.82) is 0 Å². The van der Waals surface area contributed by atoms with Crippen molar-refractivity contribution >= 4 is 85.3 Å². The maximum Gasteiger partial charge on any atom is 0.285 e. The number of carbonyl (C=O) groups is 2. The molecule has 1 heterocycles. The van der Waals surface area contributed by atoms with E-state index in [4.69, 9.17) is 44.9 Å². The van der Waals surface area contributed by atoms with Crippen molar-refractivity contribution in [3.8, 4) is 11.5 Å². The van der Waals surface area contributed by atoms with Gasteiger partial charge in [-0.15, -0.1) is 0 Å². The quantitative estimate of drug-likeness (QED) is 0.207. The average molecular weight is 638 g/mol. The number of hydrogen-bond acceptors (Lipinski definition) is 6. The molecule has 1 fully saturated rings. The predicted molar refractivity (Wildman–Crippen MR) is 155 cm³/mol. The van der Waals surface area contributed by atoms with Gasteiger partial charge < -0.3 is 9.47 Å². The van der Waals surface area contributed by atoms with Crippen molar-refractivity contribution in [2.45, 2.75) is 13.5 Å². The highest BCUT2D eigenvalue weighted by Crippen LogP contribution is 2.40. The summed E-state index contributed by atoms with van der Waals surface area (Å²) in [5.74, 6) is 0.0178. The van der Waals surface area contributed by atoms with Crippen molar-refractivity contribution in [2.75, 3.05) is 6.61 Å². The van der Waals surface area contributed by atoms with E-state index in [2.05, 4.69) is 21.4 Å². The van der Waals surface area contributed by atoms with Gasteiger partial charge in [-0.3, -0.25) is 15.0 Å². The minimum absolute atomic E-state index is 0.195. The smallest absolute Gasteiger partial charge is 0.285 e. The zero-order chi connectivity index (χ0) is 26.5. The lowest BCUT2D eigenvalue weighted by Gasteiger charge is -2.16. The van der Waals surface area contributed by atoms with E-state index in [9.17, 15) is 9.59 Å². The first-order chi connectivity index (χ1) is 17.8. The normalized spacial score (nSPS) is 14.3. The molecule has 3 aromatic carbocycles. The number of benzene rings is 3. The van der Waals surface area contributed by atoms with Gasteiger partial charge in [0.2, 0.25) is 0 Å². The van der Waals surface area contributed by atoms with E-state index in [-0.39, 0.29) is 21.5 Å². The zero-order valence-corrected chi connectivity index (χ0v) is 24.0. The zero-order valence-electron chi connectivity index (χ0n) is 19.3. The molecule has 1 aliphatic rings. The second-order valence-corrected chi connectivity index (χ2v) is 10.9. The summed E-state index contributed by atoms with van der Waals surface area (Å²) in [6.07, 6.45) is 1.67. The van der Waals surface area contributed by atoms with Gasteiger partial charge in [0, 0.05) is 10.6 Å². The van der Waals surface area contributed by atoms with E-state index in [1.54, 1.807) is 48.5 Å². The van der Waals surface area contributed by atoms with Crippen LogP contribution in [0.15, 0.2) is 70.0 Å². The first-order valence-electron chi connectivity index (χ1n) is 10.9. The number of amides is 2. The van der Waals surface area contributed by atoms with E-state index in [0.29, 0.717) is 38.1 Å². The highest BCUT2D eigenvalue weighted by Gasteiger charge is 2.34. The molecule has 1 saturated heterocycles. The summed E-state index contributed by atoms with van der Waals surface area (Å²) >= 11 is 22.3. The molecule has 1 aliphatic heterocycles. The third kappa shape index (κ3) is 6.48. The Morgan fingerprint density at radius 3 is 2.51 bits per heavy atom. The second kappa shape index (κ2) is 12.3. The van der Waals surface area contributed by atoms with Crippen molar-refractivity contribution in [3.63, 3.8) is 0 Å². The number of nitrogens with one attached hydrogen (secondary N) is 1. The molecule has 0 bridgehead atoms. The maximum atomic E-state index is 13.0. The van der Waals surface area contributed by atoms with Gasteiger partial charge in [-0.25, -0.2) is 0 Å². The number of ether oxygens (including phenoxy) is 2. The van der Waals surface area contributed by atoms with Crippen LogP contribution in [0.5, 0.6) is 11.5 Å². The summed E-state index contributed by atoms with van der Waals surface area (Å²) in [4.78, 5) is 26.0. The number of nitrogens with zero attached hydrogens (tertiary/aromatic N) is 1. The van der Waals surface area contributed by atoms with E-state index >= 15 is 0 Å². The first-order valence-corrected chi connectivity index (χ1v) is 13.7. The number of thiocarbonyl (C=S) groups is 1. The van der Waals surface area contributed by atoms with E-state index < -0.39 is 11.8 Å². The summed E-state index contributed by atoms with van der Waals surface area (Å²) in [5.41, 5.74) is 4.29. The molecule has 0 aliphatic carbocycles. The van der Waals surface area contributed by atoms with Gasteiger partial charge in [0.15, 0.2) is 15.8 Å². The minimum Gasteiger partial charge on any atom is -0.490 e. The number of hydrazine groups is 1. The SMILES string of the molecule is CCOc1cc(/C=C2\SC(=S)N(NC(=O)c3ccccc3Cl)C2=O)cc(Br)c1OCc1ccccc1Cl. The van der Waals surface area contributed by atoms with Crippen LogP contribution in [0.2, 0.25) is 10.0 Å². The Balaban J connectivity index is 1.55. The molecule has 2 amide bonds. The Kier molecular flexibility index (Phi) is 9.15. The van der Waals surface area contributed by atoms with Gasteiger partial charge in [-0.2, -0.15) is 5.01 Å². The first kappa shape index (κ1) is 27.5. The molecule has 0 spiro atoms. The van der Waals surface area contributed by atoms with Crippen molar-refractivity contribution in [2.24, 2.45) is 0 Å². The fraction of sp³-hybridized carbons (Fsp3) is 0.115. The van der Waals surface area contributed by atoms with Gasteiger partial charge in [-0.05, 0) is 77.0 Å². The van der Waals surface area contributed by atoms with Crippen molar-refractivity contribution < 1.29 is 19.1 Å².